The van der Waals surface area contributed by atoms with Gasteiger partial charge in [0.1, 0.15) is 5.82 Å². The Morgan fingerprint density at radius 3 is 3.17 bits per heavy atom. The summed E-state index contributed by atoms with van der Waals surface area (Å²) < 4.78 is 0. The van der Waals surface area contributed by atoms with Gasteiger partial charge in [-0.1, -0.05) is 6.92 Å². The zero-order chi connectivity index (χ0) is 13.0. The zero-order valence-corrected chi connectivity index (χ0v) is 11.9. The number of hydrogen-bond donors (Lipinski definition) is 1. The first-order valence-corrected chi connectivity index (χ1v) is 7.91. The van der Waals surface area contributed by atoms with Gasteiger partial charge in [0.15, 0.2) is 0 Å². The van der Waals surface area contributed by atoms with E-state index in [1.165, 1.54) is 12.2 Å². The molecular weight excluding hydrogens is 246 g/mol. The fraction of sp³-hybridized carbons (Fsp3) is 0.692. The molecule has 1 fully saturated rings. The van der Waals surface area contributed by atoms with Crippen LogP contribution in [0.2, 0.25) is 0 Å². The molecule has 2 heterocycles. The van der Waals surface area contributed by atoms with Gasteiger partial charge in [0.25, 0.3) is 5.56 Å². The van der Waals surface area contributed by atoms with Gasteiger partial charge in [0.05, 0.1) is 6.54 Å². The highest BCUT2D eigenvalue weighted by Gasteiger charge is 2.22. The molecule has 4 nitrogen and oxygen atoms in total. The van der Waals surface area contributed by atoms with E-state index in [-0.39, 0.29) is 5.56 Å². The molecule has 0 aromatic carbocycles. The summed E-state index contributed by atoms with van der Waals surface area (Å²) in [7, 11) is 0. The highest BCUT2D eigenvalue weighted by Crippen LogP contribution is 2.20. The maximum absolute atomic E-state index is 11.5. The van der Waals surface area contributed by atoms with Gasteiger partial charge in [-0.2, -0.15) is 11.8 Å². The topological polar surface area (TPSA) is 49.0 Å². The third-order valence-electron chi connectivity index (χ3n) is 3.35. The Bertz CT molecular complexity index is 446. The lowest BCUT2D eigenvalue weighted by atomic mass is 10.2. The SMILES string of the molecule is CCc1cc(=O)[nH]c(CN2CCC(CSC)C2)n1. The van der Waals surface area contributed by atoms with Crippen molar-refractivity contribution >= 4 is 11.8 Å². The Balaban J connectivity index is 1.98. The molecule has 1 unspecified atom stereocenters. The number of aryl methyl sites for hydroxylation is 1. The second-order valence-corrected chi connectivity index (χ2v) is 5.79. The van der Waals surface area contributed by atoms with Crippen LogP contribution in [0.1, 0.15) is 24.9 Å². The summed E-state index contributed by atoms with van der Waals surface area (Å²) in [6, 6.07) is 1.59. The third kappa shape index (κ3) is 3.59. The van der Waals surface area contributed by atoms with Gasteiger partial charge in [0.2, 0.25) is 0 Å². The summed E-state index contributed by atoms with van der Waals surface area (Å²) in [5.74, 6) is 2.83. The van der Waals surface area contributed by atoms with Crippen LogP contribution in [-0.4, -0.2) is 40.0 Å². The average Bonchev–Trinajstić information content (AvgIpc) is 2.76. The standard InChI is InChI=1S/C13H21N3OS/c1-3-11-6-13(17)15-12(14-11)8-16-5-4-10(7-16)9-18-2/h6,10H,3-5,7-9H2,1-2H3,(H,14,15,17). The maximum Gasteiger partial charge on any atom is 0.251 e. The molecule has 0 bridgehead atoms. The molecule has 5 heteroatoms. The highest BCUT2D eigenvalue weighted by molar-refractivity contribution is 7.98. The van der Waals surface area contributed by atoms with Crippen LogP contribution in [0.5, 0.6) is 0 Å². The fourth-order valence-corrected chi connectivity index (χ4v) is 3.20. The minimum atomic E-state index is -0.0308. The number of aromatic nitrogens is 2. The van der Waals surface area contributed by atoms with Crippen molar-refractivity contribution < 1.29 is 0 Å². The fourth-order valence-electron chi connectivity index (χ4n) is 2.46. The normalized spacial score (nSPS) is 20.4. The molecule has 1 aromatic heterocycles. The van der Waals surface area contributed by atoms with E-state index in [9.17, 15) is 4.79 Å². The van der Waals surface area contributed by atoms with Crippen LogP contribution in [0.3, 0.4) is 0 Å². The highest BCUT2D eigenvalue weighted by atomic mass is 32.2. The second-order valence-electron chi connectivity index (χ2n) is 4.88. The van der Waals surface area contributed by atoms with E-state index < -0.39 is 0 Å². The van der Waals surface area contributed by atoms with E-state index in [1.54, 1.807) is 6.07 Å². The van der Waals surface area contributed by atoms with Crippen LogP contribution >= 0.6 is 11.8 Å². The quantitative estimate of drug-likeness (QED) is 0.878. The average molecular weight is 267 g/mol. The van der Waals surface area contributed by atoms with Crippen LogP contribution in [0.15, 0.2) is 10.9 Å². The Hall–Kier alpha value is -0.810. The van der Waals surface area contributed by atoms with Gasteiger partial charge in [-0.15, -0.1) is 0 Å². The van der Waals surface area contributed by atoms with Gasteiger partial charge >= 0.3 is 0 Å². The van der Waals surface area contributed by atoms with E-state index in [4.69, 9.17) is 0 Å². The van der Waals surface area contributed by atoms with Crippen molar-refractivity contribution in [3.63, 3.8) is 0 Å². The maximum atomic E-state index is 11.5. The molecule has 1 N–H and O–H groups in total. The molecular formula is C13H21N3OS. The van der Waals surface area contributed by atoms with Crippen LogP contribution < -0.4 is 5.56 Å². The molecule has 2 rings (SSSR count). The lowest BCUT2D eigenvalue weighted by molar-refractivity contribution is 0.312. The molecule has 0 amide bonds. The first-order chi connectivity index (χ1) is 8.71. The number of aromatic amines is 1. The Kier molecular flexibility index (Phi) is 4.83. The van der Waals surface area contributed by atoms with E-state index >= 15 is 0 Å². The largest absolute Gasteiger partial charge is 0.309 e. The van der Waals surface area contributed by atoms with Gasteiger partial charge < -0.3 is 4.98 Å². The summed E-state index contributed by atoms with van der Waals surface area (Å²) in [5.41, 5.74) is 0.852. The molecule has 1 aliphatic rings. The molecule has 100 valence electrons. The van der Waals surface area contributed by atoms with Crippen LogP contribution in [0.25, 0.3) is 0 Å². The van der Waals surface area contributed by atoms with Crippen LogP contribution in [-0.2, 0) is 13.0 Å². The van der Waals surface area contributed by atoms with Crippen LogP contribution in [0.4, 0.5) is 0 Å². The number of nitrogens with one attached hydrogen (secondary N) is 1. The van der Waals surface area contributed by atoms with E-state index in [0.717, 1.165) is 43.5 Å². The lowest BCUT2D eigenvalue weighted by Crippen LogP contribution is -2.24. The summed E-state index contributed by atoms with van der Waals surface area (Å²) in [5, 5.41) is 0. The first-order valence-electron chi connectivity index (χ1n) is 6.51. The molecule has 1 saturated heterocycles. The van der Waals surface area contributed by atoms with Crippen molar-refractivity contribution in [3.05, 3.63) is 27.9 Å². The molecule has 18 heavy (non-hydrogen) atoms. The minimum Gasteiger partial charge on any atom is -0.309 e. The van der Waals surface area contributed by atoms with Crippen molar-refractivity contribution in [1.29, 1.82) is 0 Å². The number of rotatable bonds is 5. The van der Waals surface area contributed by atoms with Gasteiger partial charge in [-0.25, -0.2) is 4.98 Å². The van der Waals surface area contributed by atoms with Crippen molar-refractivity contribution in [1.82, 2.24) is 14.9 Å². The predicted octanol–water partition coefficient (Wildman–Crippen LogP) is 1.52. The van der Waals surface area contributed by atoms with Gasteiger partial charge in [-0.05, 0) is 37.3 Å². The Morgan fingerprint density at radius 1 is 1.61 bits per heavy atom. The Labute approximate surface area is 112 Å². The number of thioether (sulfide) groups is 1. The summed E-state index contributed by atoms with van der Waals surface area (Å²) in [4.78, 5) is 21.2. The van der Waals surface area contributed by atoms with Crippen molar-refractivity contribution in [3.8, 4) is 0 Å². The monoisotopic (exact) mass is 267 g/mol. The van der Waals surface area contributed by atoms with Crippen LogP contribution in [0, 0.1) is 5.92 Å². The molecule has 1 aliphatic heterocycles. The minimum absolute atomic E-state index is 0.0308. The first kappa shape index (κ1) is 13.6. The predicted molar refractivity (Wildman–Crippen MR) is 76.0 cm³/mol. The number of hydrogen-bond acceptors (Lipinski definition) is 4. The van der Waals surface area contributed by atoms with E-state index in [1.807, 2.05) is 18.7 Å². The third-order valence-corrected chi connectivity index (χ3v) is 4.16. The molecule has 0 saturated carbocycles. The molecule has 1 aromatic rings. The second kappa shape index (κ2) is 6.38. The smallest absolute Gasteiger partial charge is 0.251 e. The Morgan fingerprint density at radius 2 is 2.44 bits per heavy atom. The zero-order valence-electron chi connectivity index (χ0n) is 11.1. The number of likely N-dealkylation sites (tertiary alicyclic amines) is 1. The van der Waals surface area contributed by atoms with E-state index in [2.05, 4.69) is 21.1 Å². The lowest BCUT2D eigenvalue weighted by Gasteiger charge is -2.15. The van der Waals surface area contributed by atoms with Crippen molar-refractivity contribution in [2.75, 3.05) is 25.1 Å². The van der Waals surface area contributed by atoms with Gasteiger partial charge in [0, 0.05) is 18.3 Å². The van der Waals surface area contributed by atoms with Crippen molar-refractivity contribution in [2.24, 2.45) is 5.92 Å². The molecule has 0 aliphatic carbocycles. The van der Waals surface area contributed by atoms with E-state index in [0.29, 0.717) is 0 Å². The molecule has 0 spiro atoms. The summed E-state index contributed by atoms with van der Waals surface area (Å²) >= 11 is 1.92. The number of H-pyrrole nitrogens is 1. The molecule has 1 atom stereocenters. The number of nitrogens with zero attached hydrogens (tertiary/aromatic N) is 2. The summed E-state index contributed by atoms with van der Waals surface area (Å²) in [6.07, 6.45) is 4.23. The van der Waals surface area contributed by atoms with Gasteiger partial charge in [-0.3, -0.25) is 9.69 Å². The van der Waals surface area contributed by atoms with Crippen molar-refractivity contribution in [2.45, 2.75) is 26.3 Å². The summed E-state index contributed by atoms with van der Waals surface area (Å²) in [6.45, 7) is 5.04. The molecule has 0 radical (unpaired) electrons.